The molecule has 0 aliphatic carbocycles. The molecule has 0 spiro atoms. The Balaban J connectivity index is 0.000000293. The Morgan fingerprint density at radius 2 is 1.54 bits per heavy atom. The van der Waals surface area contributed by atoms with E-state index in [1.165, 1.54) is 11.5 Å². The molecule has 1 aromatic carbocycles. The van der Waals surface area contributed by atoms with E-state index in [0.717, 1.165) is 18.3 Å². The highest BCUT2D eigenvalue weighted by atomic mass is 19.4. The number of carbonyl (C=O) groups is 3. The normalized spacial score (nSPS) is 10.9. The number of anilines is 3. The largest absolute Gasteiger partial charge is 0.471 e. The number of hydrogen-bond donors (Lipinski definition) is 3. The first kappa shape index (κ1) is 30.2. The number of aromatic nitrogens is 3. The Morgan fingerprint density at radius 1 is 0.949 bits per heavy atom. The van der Waals surface area contributed by atoms with Crippen LogP contribution in [0.15, 0.2) is 55.0 Å². The van der Waals surface area contributed by atoms with Crippen molar-refractivity contribution in [1.82, 2.24) is 14.8 Å². The van der Waals surface area contributed by atoms with E-state index in [2.05, 4.69) is 20.7 Å². The molecule has 3 amide bonds. The van der Waals surface area contributed by atoms with Gasteiger partial charge < -0.3 is 15.4 Å². The summed E-state index contributed by atoms with van der Waals surface area (Å²) in [5.41, 5.74) is 0.738. The number of nitro groups is 1. The predicted octanol–water partition coefficient (Wildman–Crippen LogP) is 4.51. The second-order valence-corrected chi connectivity index (χ2v) is 8.67. The van der Waals surface area contributed by atoms with E-state index in [0.29, 0.717) is 16.9 Å². The summed E-state index contributed by atoms with van der Waals surface area (Å²) in [6, 6.07) is 8.59. The maximum atomic E-state index is 12.0. The van der Waals surface area contributed by atoms with Crippen molar-refractivity contribution in [2.75, 3.05) is 16.0 Å². The summed E-state index contributed by atoms with van der Waals surface area (Å²) >= 11 is 0. The standard InChI is InChI=1S/C16H20N4O3.C7H4F3N3O3/c1-16(2,3)23-15(22)19-13-7-5-12(6-8-13)18-14(21)11-9-17-20(4)10-11;8-7(9,10)6(14)12-5-2-1-4(3-11-5)13(15)16/h5-10H,1-4H3,(H,18,21)(H,19,22);1-3H,(H,11,12,14). The van der Waals surface area contributed by atoms with Gasteiger partial charge in [0.2, 0.25) is 0 Å². The van der Waals surface area contributed by atoms with Crippen LogP contribution in [-0.2, 0) is 16.6 Å². The number of aryl methyl sites for hydroxylation is 1. The van der Waals surface area contributed by atoms with E-state index in [9.17, 15) is 37.7 Å². The third-order valence-electron chi connectivity index (χ3n) is 4.21. The molecular formula is C23H24F3N7O6. The molecule has 0 unspecified atom stereocenters. The number of pyridine rings is 1. The van der Waals surface area contributed by atoms with Gasteiger partial charge in [0.1, 0.15) is 17.6 Å². The average Bonchev–Trinajstić information content (AvgIpc) is 3.26. The van der Waals surface area contributed by atoms with Crippen molar-refractivity contribution in [2.45, 2.75) is 32.5 Å². The monoisotopic (exact) mass is 551 g/mol. The van der Waals surface area contributed by atoms with Crippen molar-refractivity contribution in [3.63, 3.8) is 0 Å². The highest BCUT2D eigenvalue weighted by Gasteiger charge is 2.38. The molecule has 0 atom stereocenters. The highest BCUT2D eigenvalue weighted by Crippen LogP contribution is 2.19. The zero-order valence-electron chi connectivity index (χ0n) is 21.1. The number of benzene rings is 1. The second-order valence-electron chi connectivity index (χ2n) is 8.67. The molecule has 3 aromatic rings. The van der Waals surface area contributed by atoms with Gasteiger partial charge in [-0.05, 0) is 51.1 Å². The number of carbonyl (C=O) groups excluding carboxylic acids is 3. The maximum Gasteiger partial charge on any atom is 0.471 e. The first-order chi connectivity index (χ1) is 18.0. The molecule has 3 rings (SSSR count). The Morgan fingerprint density at radius 3 is 1.97 bits per heavy atom. The number of alkyl halides is 3. The molecule has 0 aliphatic rings. The summed E-state index contributed by atoms with van der Waals surface area (Å²) in [4.78, 5) is 46.8. The lowest BCUT2D eigenvalue weighted by molar-refractivity contribution is -0.385. The number of nitrogens with zero attached hydrogens (tertiary/aromatic N) is 4. The Hall–Kier alpha value is -5.02. The molecule has 0 bridgehead atoms. The fraction of sp³-hybridized carbons (Fsp3) is 0.261. The van der Waals surface area contributed by atoms with Gasteiger partial charge >= 0.3 is 18.2 Å². The Labute approximate surface area is 219 Å². The van der Waals surface area contributed by atoms with Crippen molar-refractivity contribution in [3.8, 4) is 0 Å². The smallest absolute Gasteiger partial charge is 0.444 e. The highest BCUT2D eigenvalue weighted by molar-refractivity contribution is 6.04. The van der Waals surface area contributed by atoms with Crippen LogP contribution in [-0.4, -0.2) is 49.4 Å². The zero-order chi connectivity index (χ0) is 29.4. The average molecular weight is 551 g/mol. The SMILES string of the molecule is Cn1cc(C(=O)Nc2ccc(NC(=O)OC(C)(C)C)cc2)cn1.O=C(Nc1ccc([N+](=O)[O-])cn1)C(F)(F)F. The van der Waals surface area contributed by atoms with Gasteiger partial charge in [0.05, 0.1) is 16.7 Å². The fourth-order valence-corrected chi connectivity index (χ4v) is 2.56. The van der Waals surface area contributed by atoms with E-state index in [4.69, 9.17) is 4.74 Å². The Bertz CT molecular complexity index is 1320. The lowest BCUT2D eigenvalue weighted by Gasteiger charge is -2.19. The predicted molar refractivity (Wildman–Crippen MR) is 133 cm³/mol. The van der Waals surface area contributed by atoms with Crippen LogP contribution in [0, 0.1) is 10.1 Å². The van der Waals surface area contributed by atoms with Gasteiger partial charge in [-0.15, -0.1) is 0 Å². The lowest BCUT2D eigenvalue weighted by atomic mass is 10.2. The van der Waals surface area contributed by atoms with Gasteiger partial charge in [-0.25, -0.2) is 9.78 Å². The number of nitrogens with one attached hydrogen (secondary N) is 3. The fourth-order valence-electron chi connectivity index (χ4n) is 2.56. The van der Waals surface area contributed by atoms with E-state index in [1.807, 2.05) is 0 Å². The second kappa shape index (κ2) is 12.5. The zero-order valence-corrected chi connectivity index (χ0v) is 21.1. The molecule has 0 fully saturated rings. The van der Waals surface area contributed by atoms with Gasteiger partial charge in [0, 0.05) is 30.7 Å². The summed E-state index contributed by atoms with van der Waals surface area (Å²) < 4.78 is 42.1. The summed E-state index contributed by atoms with van der Waals surface area (Å²) in [5, 5.41) is 21.0. The minimum atomic E-state index is -5.02. The number of halogens is 3. The number of amides is 3. The van der Waals surface area contributed by atoms with Crippen LogP contribution < -0.4 is 16.0 Å². The van der Waals surface area contributed by atoms with Crippen molar-refractivity contribution < 1.29 is 37.2 Å². The van der Waals surface area contributed by atoms with Gasteiger partial charge in [-0.2, -0.15) is 18.3 Å². The molecule has 0 radical (unpaired) electrons. The first-order valence-corrected chi connectivity index (χ1v) is 10.9. The molecule has 13 nitrogen and oxygen atoms in total. The van der Waals surface area contributed by atoms with E-state index >= 15 is 0 Å². The third-order valence-corrected chi connectivity index (χ3v) is 4.21. The molecule has 2 aromatic heterocycles. The lowest BCUT2D eigenvalue weighted by Crippen LogP contribution is -2.30. The third kappa shape index (κ3) is 10.5. The molecule has 39 heavy (non-hydrogen) atoms. The minimum Gasteiger partial charge on any atom is -0.444 e. The van der Waals surface area contributed by atoms with Crippen molar-refractivity contribution in [2.24, 2.45) is 7.05 Å². The van der Waals surface area contributed by atoms with Gasteiger partial charge in [0.25, 0.3) is 11.6 Å². The minimum absolute atomic E-state index is 0.244. The molecule has 16 heteroatoms. The first-order valence-electron chi connectivity index (χ1n) is 10.9. The van der Waals surface area contributed by atoms with Gasteiger partial charge in [-0.1, -0.05) is 0 Å². The van der Waals surface area contributed by atoms with E-state index < -0.39 is 34.5 Å². The van der Waals surface area contributed by atoms with Crippen LogP contribution in [0.3, 0.4) is 0 Å². The summed E-state index contributed by atoms with van der Waals surface area (Å²) in [6.45, 7) is 5.39. The van der Waals surface area contributed by atoms with Gasteiger partial charge in [-0.3, -0.25) is 29.7 Å². The molecule has 208 valence electrons. The van der Waals surface area contributed by atoms with Gasteiger partial charge in [0.15, 0.2) is 0 Å². The topological polar surface area (TPSA) is 170 Å². The van der Waals surface area contributed by atoms with Crippen LogP contribution >= 0.6 is 0 Å². The van der Waals surface area contributed by atoms with Crippen molar-refractivity contribution in [3.05, 3.63) is 70.7 Å². The molecule has 0 saturated heterocycles. The van der Waals surface area contributed by atoms with Crippen LogP contribution in [0.2, 0.25) is 0 Å². The van der Waals surface area contributed by atoms with Crippen LogP contribution in [0.25, 0.3) is 0 Å². The van der Waals surface area contributed by atoms with Crippen molar-refractivity contribution in [1.29, 1.82) is 0 Å². The van der Waals surface area contributed by atoms with Crippen LogP contribution in [0.4, 0.5) is 40.8 Å². The van der Waals surface area contributed by atoms with E-state index in [-0.39, 0.29) is 11.6 Å². The van der Waals surface area contributed by atoms with E-state index in [1.54, 1.807) is 63.0 Å². The quantitative estimate of drug-likeness (QED) is 0.307. The summed E-state index contributed by atoms with van der Waals surface area (Å²) in [7, 11) is 1.74. The number of hydrogen-bond acceptors (Lipinski definition) is 8. The molecule has 3 N–H and O–H groups in total. The van der Waals surface area contributed by atoms with Crippen molar-refractivity contribution >= 4 is 40.8 Å². The Kier molecular flexibility index (Phi) is 9.67. The van der Waals surface area contributed by atoms with Crippen LogP contribution in [0.1, 0.15) is 31.1 Å². The molecule has 0 aliphatic heterocycles. The van der Waals surface area contributed by atoms with Crippen LogP contribution in [0.5, 0.6) is 0 Å². The maximum absolute atomic E-state index is 12.0. The number of rotatable bonds is 5. The molecule has 0 saturated carbocycles. The molecular weight excluding hydrogens is 527 g/mol. The summed E-state index contributed by atoms with van der Waals surface area (Å²) in [6.07, 6.45) is -1.68. The number of ether oxygens (including phenoxy) is 1. The summed E-state index contributed by atoms with van der Waals surface area (Å²) in [5.74, 6) is -2.84. The molecule has 2 heterocycles.